The first-order chi connectivity index (χ1) is 5.72. The first-order valence-electron chi connectivity index (χ1n) is 3.56. The number of aryl methyl sites for hydroxylation is 1. The minimum absolute atomic E-state index is 0.0934. The SMILES string of the molecule is O=Cc1cc(CCC(=O)O)c[nH]1. The van der Waals surface area contributed by atoms with Crippen molar-refractivity contribution < 1.29 is 14.7 Å². The third-order valence-electron chi connectivity index (χ3n) is 1.52. The maximum atomic E-state index is 10.2. The Hall–Kier alpha value is -1.58. The van der Waals surface area contributed by atoms with E-state index in [9.17, 15) is 9.59 Å². The van der Waals surface area contributed by atoms with Gasteiger partial charge in [0, 0.05) is 12.6 Å². The van der Waals surface area contributed by atoms with Gasteiger partial charge in [-0.2, -0.15) is 0 Å². The Balaban J connectivity index is 2.52. The second kappa shape index (κ2) is 3.71. The van der Waals surface area contributed by atoms with Crippen molar-refractivity contribution in [1.29, 1.82) is 0 Å². The average molecular weight is 167 g/mol. The van der Waals surface area contributed by atoms with Crippen LogP contribution in [-0.4, -0.2) is 22.3 Å². The molecule has 1 heterocycles. The maximum Gasteiger partial charge on any atom is 0.303 e. The Morgan fingerprint density at radius 2 is 2.42 bits per heavy atom. The number of carboxylic acid groups (broad SMARTS) is 1. The van der Waals surface area contributed by atoms with E-state index in [0.29, 0.717) is 18.4 Å². The van der Waals surface area contributed by atoms with E-state index in [1.54, 1.807) is 12.3 Å². The molecule has 1 rings (SSSR count). The van der Waals surface area contributed by atoms with Gasteiger partial charge in [-0.1, -0.05) is 0 Å². The standard InChI is InChI=1S/C8H9NO3/c10-5-7-3-6(4-9-7)1-2-8(11)12/h3-5,9H,1-2H2,(H,11,12). The Labute approximate surface area is 69.2 Å². The fourth-order valence-corrected chi connectivity index (χ4v) is 0.923. The summed E-state index contributed by atoms with van der Waals surface area (Å²) in [6, 6.07) is 1.65. The highest BCUT2D eigenvalue weighted by Crippen LogP contribution is 2.04. The molecule has 0 atom stereocenters. The number of aldehydes is 1. The minimum atomic E-state index is -0.830. The molecule has 0 saturated heterocycles. The van der Waals surface area contributed by atoms with Crippen molar-refractivity contribution in [1.82, 2.24) is 4.98 Å². The molecule has 64 valence electrons. The minimum Gasteiger partial charge on any atom is -0.481 e. The smallest absolute Gasteiger partial charge is 0.303 e. The number of carbonyl (C=O) groups excluding carboxylic acids is 1. The average Bonchev–Trinajstić information content (AvgIpc) is 2.48. The van der Waals surface area contributed by atoms with Gasteiger partial charge in [0.25, 0.3) is 0 Å². The van der Waals surface area contributed by atoms with Crippen molar-refractivity contribution in [3.63, 3.8) is 0 Å². The van der Waals surface area contributed by atoms with Gasteiger partial charge in [-0.05, 0) is 18.1 Å². The fourth-order valence-electron chi connectivity index (χ4n) is 0.923. The van der Waals surface area contributed by atoms with Crippen LogP contribution in [0.2, 0.25) is 0 Å². The molecule has 0 aromatic carbocycles. The Kier molecular flexibility index (Phi) is 2.63. The van der Waals surface area contributed by atoms with E-state index >= 15 is 0 Å². The van der Waals surface area contributed by atoms with Crippen LogP contribution < -0.4 is 0 Å². The molecule has 0 aliphatic rings. The number of aromatic nitrogens is 1. The molecule has 0 unspecified atom stereocenters. The van der Waals surface area contributed by atoms with Crippen LogP contribution in [0.4, 0.5) is 0 Å². The van der Waals surface area contributed by atoms with Gasteiger partial charge in [-0.3, -0.25) is 9.59 Å². The van der Waals surface area contributed by atoms with Crippen LogP contribution in [0, 0.1) is 0 Å². The summed E-state index contributed by atoms with van der Waals surface area (Å²) in [6.07, 6.45) is 2.90. The zero-order valence-electron chi connectivity index (χ0n) is 6.41. The van der Waals surface area contributed by atoms with Gasteiger partial charge in [0.1, 0.15) is 0 Å². The van der Waals surface area contributed by atoms with E-state index in [2.05, 4.69) is 4.98 Å². The number of rotatable bonds is 4. The number of nitrogens with one attached hydrogen (secondary N) is 1. The van der Waals surface area contributed by atoms with Gasteiger partial charge in [0.15, 0.2) is 6.29 Å². The zero-order chi connectivity index (χ0) is 8.97. The number of H-pyrrole nitrogens is 1. The van der Waals surface area contributed by atoms with Crippen molar-refractivity contribution in [3.05, 3.63) is 23.5 Å². The first kappa shape index (κ1) is 8.52. The van der Waals surface area contributed by atoms with Gasteiger partial charge in [-0.15, -0.1) is 0 Å². The fraction of sp³-hybridized carbons (Fsp3) is 0.250. The summed E-state index contributed by atoms with van der Waals surface area (Å²) in [7, 11) is 0. The van der Waals surface area contributed by atoms with E-state index in [1.807, 2.05) is 0 Å². The van der Waals surface area contributed by atoms with Crippen LogP contribution in [0.15, 0.2) is 12.3 Å². The quantitative estimate of drug-likeness (QED) is 0.653. The van der Waals surface area contributed by atoms with Gasteiger partial charge < -0.3 is 10.1 Å². The number of aliphatic carboxylic acids is 1. The molecular formula is C8H9NO3. The first-order valence-corrected chi connectivity index (χ1v) is 3.56. The molecule has 2 N–H and O–H groups in total. The van der Waals surface area contributed by atoms with Gasteiger partial charge >= 0.3 is 5.97 Å². The van der Waals surface area contributed by atoms with Crippen LogP contribution in [0.1, 0.15) is 22.5 Å². The molecule has 0 amide bonds. The predicted octanol–water partition coefficient (Wildman–Crippen LogP) is 0.844. The van der Waals surface area contributed by atoms with Crippen molar-refractivity contribution in [2.24, 2.45) is 0 Å². The molecule has 0 fully saturated rings. The van der Waals surface area contributed by atoms with E-state index in [-0.39, 0.29) is 6.42 Å². The predicted molar refractivity (Wildman–Crippen MR) is 42.1 cm³/mol. The summed E-state index contributed by atoms with van der Waals surface area (Å²) in [5.41, 5.74) is 1.33. The molecule has 0 radical (unpaired) electrons. The topological polar surface area (TPSA) is 70.2 Å². The molecule has 12 heavy (non-hydrogen) atoms. The summed E-state index contributed by atoms with van der Waals surface area (Å²) >= 11 is 0. The number of aromatic amines is 1. The second-order valence-electron chi connectivity index (χ2n) is 2.47. The Morgan fingerprint density at radius 1 is 1.67 bits per heavy atom. The summed E-state index contributed by atoms with van der Waals surface area (Å²) in [5.74, 6) is -0.830. The molecule has 0 saturated carbocycles. The van der Waals surface area contributed by atoms with Crippen LogP contribution in [-0.2, 0) is 11.2 Å². The van der Waals surface area contributed by atoms with E-state index in [1.165, 1.54) is 0 Å². The zero-order valence-corrected chi connectivity index (χ0v) is 6.41. The van der Waals surface area contributed by atoms with E-state index in [0.717, 1.165) is 5.56 Å². The van der Waals surface area contributed by atoms with Crippen LogP contribution >= 0.6 is 0 Å². The lowest BCUT2D eigenvalue weighted by Crippen LogP contribution is -1.96. The highest BCUT2D eigenvalue weighted by atomic mass is 16.4. The highest BCUT2D eigenvalue weighted by molar-refractivity contribution is 5.72. The van der Waals surface area contributed by atoms with E-state index in [4.69, 9.17) is 5.11 Å². The molecule has 0 spiro atoms. The third kappa shape index (κ3) is 2.23. The highest BCUT2D eigenvalue weighted by Gasteiger charge is 2.00. The van der Waals surface area contributed by atoms with Crippen LogP contribution in [0.5, 0.6) is 0 Å². The number of hydrogen-bond donors (Lipinski definition) is 2. The Bertz CT molecular complexity index is 290. The molecule has 0 bridgehead atoms. The lowest BCUT2D eigenvalue weighted by molar-refractivity contribution is -0.136. The van der Waals surface area contributed by atoms with Gasteiger partial charge in [0.05, 0.1) is 5.69 Å². The number of hydrogen-bond acceptors (Lipinski definition) is 2. The molecular weight excluding hydrogens is 158 g/mol. The molecule has 1 aromatic heterocycles. The molecule has 0 aliphatic carbocycles. The molecule has 4 heteroatoms. The molecule has 0 aliphatic heterocycles. The van der Waals surface area contributed by atoms with Crippen LogP contribution in [0.3, 0.4) is 0 Å². The van der Waals surface area contributed by atoms with Crippen LogP contribution in [0.25, 0.3) is 0 Å². The Morgan fingerprint density at radius 3 is 2.92 bits per heavy atom. The van der Waals surface area contributed by atoms with Crippen molar-refractivity contribution in [2.45, 2.75) is 12.8 Å². The summed E-state index contributed by atoms with van der Waals surface area (Å²) < 4.78 is 0. The summed E-state index contributed by atoms with van der Waals surface area (Å²) in [6.45, 7) is 0. The lowest BCUT2D eigenvalue weighted by Gasteiger charge is -1.89. The lowest BCUT2D eigenvalue weighted by atomic mass is 10.2. The number of carboxylic acids is 1. The van der Waals surface area contributed by atoms with Crippen molar-refractivity contribution in [3.8, 4) is 0 Å². The summed E-state index contributed by atoms with van der Waals surface area (Å²) in [5, 5.41) is 8.36. The third-order valence-corrected chi connectivity index (χ3v) is 1.52. The van der Waals surface area contributed by atoms with Crippen molar-refractivity contribution >= 4 is 12.3 Å². The normalized spacial score (nSPS) is 9.67. The monoisotopic (exact) mass is 167 g/mol. The molecule has 1 aromatic rings. The van der Waals surface area contributed by atoms with Gasteiger partial charge in [0.2, 0.25) is 0 Å². The van der Waals surface area contributed by atoms with E-state index < -0.39 is 5.97 Å². The maximum absolute atomic E-state index is 10.2. The summed E-state index contributed by atoms with van der Waals surface area (Å²) in [4.78, 5) is 23.1. The van der Waals surface area contributed by atoms with Crippen molar-refractivity contribution in [2.75, 3.05) is 0 Å². The second-order valence-corrected chi connectivity index (χ2v) is 2.47. The molecule has 4 nitrogen and oxygen atoms in total. The van der Waals surface area contributed by atoms with Gasteiger partial charge in [-0.25, -0.2) is 0 Å². The number of carbonyl (C=O) groups is 2. The largest absolute Gasteiger partial charge is 0.481 e.